The quantitative estimate of drug-likeness (QED) is 0.690. The minimum absolute atomic E-state index is 0.601. The lowest BCUT2D eigenvalue weighted by Gasteiger charge is -2.26. The van der Waals surface area contributed by atoms with Crippen LogP contribution >= 0.6 is 0 Å². The summed E-state index contributed by atoms with van der Waals surface area (Å²) in [5.41, 5.74) is 2.57. The summed E-state index contributed by atoms with van der Waals surface area (Å²) in [7, 11) is 1.70. The number of methoxy groups -OCH3 is 1. The Morgan fingerprint density at radius 3 is 2.62 bits per heavy atom. The van der Waals surface area contributed by atoms with Crippen molar-refractivity contribution in [2.24, 2.45) is 0 Å². The summed E-state index contributed by atoms with van der Waals surface area (Å²) in [5.74, 6) is 1.56. The van der Waals surface area contributed by atoms with E-state index in [0.717, 1.165) is 19.0 Å². The van der Waals surface area contributed by atoms with Crippen LogP contribution in [0, 0.1) is 6.92 Å². The minimum atomic E-state index is 0.601. The molecule has 0 amide bonds. The summed E-state index contributed by atoms with van der Waals surface area (Å²) in [6.07, 6.45) is 0. The zero-order valence-electron chi connectivity index (χ0n) is 8.04. The molecule has 1 aliphatic rings. The average molecular weight is 178 g/mol. The van der Waals surface area contributed by atoms with Crippen LogP contribution in [0.4, 0.5) is 0 Å². The van der Waals surface area contributed by atoms with Crippen molar-refractivity contribution in [1.29, 1.82) is 0 Å². The van der Waals surface area contributed by atoms with E-state index in [2.05, 4.69) is 19.1 Å². The highest BCUT2D eigenvalue weighted by atomic mass is 16.5. The third kappa shape index (κ3) is 1.54. The van der Waals surface area contributed by atoms with Crippen LogP contribution in [-0.4, -0.2) is 20.3 Å². The van der Waals surface area contributed by atoms with Crippen LogP contribution in [0.1, 0.15) is 17.0 Å². The van der Waals surface area contributed by atoms with Gasteiger partial charge in [0.2, 0.25) is 0 Å². The maximum absolute atomic E-state index is 5.20. The third-order valence-electron chi connectivity index (χ3n) is 2.53. The highest BCUT2D eigenvalue weighted by molar-refractivity contribution is 5.38. The van der Waals surface area contributed by atoms with Crippen LogP contribution in [0.15, 0.2) is 18.2 Å². The summed E-state index contributed by atoms with van der Waals surface area (Å²) < 4.78 is 10.4. The second-order valence-electron chi connectivity index (χ2n) is 3.46. The van der Waals surface area contributed by atoms with E-state index in [1.165, 1.54) is 11.1 Å². The molecule has 0 bridgehead atoms. The summed E-state index contributed by atoms with van der Waals surface area (Å²) in [6, 6.07) is 6.34. The van der Waals surface area contributed by atoms with E-state index in [1.807, 2.05) is 6.07 Å². The van der Waals surface area contributed by atoms with Crippen LogP contribution in [0.25, 0.3) is 0 Å². The monoisotopic (exact) mass is 178 g/mol. The van der Waals surface area contributed by atoms with E-state index >= 15 is 0 Å². The molecule has 0 atom stereocenters. The Labute approximate surface area is 78.5 Å². The Morgan fingerprint density at radius 2 is 2.15 bits per heavy atom. The Kier molecular flexibility index (Phi) is 2.23. The molecule has 70 valence electrons. The number of rotatable bonds is 2. The third-order valence-corrected chi connectivity index (χ3v) is 2.53. The van der Waals surface area contributed by atoms with E-state index in [-0.39, 0.29) is 0 Å². The summed E-state index contributed by atoms with van der Waals surface area (Å²) >= 11 is 0. The van der Waals surface area contributed by atoms with E-state index in [9.17, 15) is 0 Å². The molecule has 0 unspecified atom stereocenters. The molecule has 0 aliphatic carbocycles. The number of aryl methyl sites for hydroxylation is 1. The number of hydrogen-bond donors (Lipinski definition) is 0. The van der Waals surface area contributed by atoms with Crippen molar-refractivity contribution < 1.29 is 9.47 Å². The molecule has 1 fully saturated rings. The molecule has 1 saturated heterocycles. The first-order valence-corrected chi connectivity index (χ1v) is 4.53. The van der Waals surface area contributed by atoms with Crippen molar-refractivity contribution in [3.8, 4) is 5.75 Å². The molecule has 2 rings (SSSR count). The van der Waals surface area contributed by atoms with Crippen molar-refractivity contribution >= 4 is 0 Å². The van der Waals surface area contributed by atoms with Gasteiger partial charge in [-0.05, 0) is 24.1 Å². The van der Waals surface area contributed by atoms with Gasteiger partial charge in [0.1, 0.15) is 5.75 Å². The van der Waals surface area contributed by atoms with Gasteiger partial charge in [-0.15, -0.1) is 0 Å². The first-order chi connectivity index (χ1) is 6.31. The maximum Gasteiger partial charge on any atom is 0.121 e. The molecular weight excluding hydrogens is 164 g/mol. The highest BCUT2D eigenvalue weighted by Gasteiger charge is 2.20. The van der Waals surface area contributed by atoms with Gasteiger partial charge >= 0.3 is 0 Å². The second kappa shape index (κ2) is 3.38. The number of benzene rings is 1. The van der Waals surface area contributed by atoms with E-state index in [0.29, 0.717) is 5.92 Å². The van der Waals surface area contributed by atoms with Crippen LogP contribution in [-0.2, 0) is 4.74 Å². The van der Waals surface area contributed by atoms with Gasteiger partial charge in [-0.25, -0.2) is 0 Å². The van der Waals surface area contributed by atoms with Crippen molar-refractivity contribution in [3.63, 3.8) is 0 Å². The first kappa shape index (κ1) is 8.57. The molecule has 1 aliphatic heterocycles. The molecule has 0 saturated carbocycles. The Morgan fingerprint density at radius 1 is 1.38 bits per heavy atom. The van der Waals surface area contributed by atoms with Crippen LogP contribution in [0.5, 0.6) is 5.75 Å². The Bertz CT molecular complexity index is 303. The van der Waals surface area contributed by atoms with Gasteiger partial charge in [0.25, 0.3) is 0 Å². The van der Waals surface area contributed by atoms with Gasteiger partial charge in [-0.2, -0.15) is 0 Å². The second-order valence-corrected chi connectivity index (χ2v) is 3.46. The van der Waals surface area contributed by atoms with Crippen LogP contribution in [0.2, 0.25) is 0 Å². The molecule has 13 heavy (non-hydrogen) atoms. The lowest BCUT2D eigenvalue weighted by molar-refractivity contribution is 0.00839. The van der Waals surface area contributed by atoms with Gasteiger partial charge in [0, 0.05) is 5.92 Å². The Hall–Kier alpha value is -1.02. The molecular formula is C11H14O2. The fourth-order valence-corrected chi connectivity index (χ4v) is 1.58. The minimum Gasteiger partial charge on any atom is -0.496 e. The average Bonchev–Trinajstić information content (AvgIpc) is 2.01. The molecule has 0 spiro atoms. The van der Waals surface area contributed by atoms with E-state index < -0.39 is 0 Å². The van der Waals surface area contributed by atoms with Crippen molar-refractivity contribution in [1.82, 2.24) is 0 Å². The predicted molar refractivity (Wildman–Crippen MR) is 51.3 cm³/mol. The van der Waals surface area contributed by atoms with Gasteiger partial charge in [0.05, 0.1) is 20.3 Å². The maximum atomic E-state index is 5.20. The molecule has 1 aromatic carbocycles. The molecule has 0 aromatic heterocycles. The summed E-state index contributed by atoms with van der Waals surface area (Å²) in [6.45, 7) is 3.80. The fraction of sp³-hybridized carbons (Fsp3) is 0.455. The molecule has 1 aromatic rings. The van der Waals surface area contributed by atoms with Crippen LogP contribution < -0.4 is 4.74 Å². The molecule has 2 nitrogen and oxygen atoms in total. The highest BCUT2D eigenvalue weighted by Crippen LogP contribution is 2.27. The van der Waals surface area contributed by atoms with Gasteiger partial charge in [-0.3, -0.25) is 0 Å². The zero-order chi connectivity index (χ0) is 9.26. The normalized spacial score (nSPS) is 16.8. The first-order valence-electron chi connectivity index (χ1n) is 4.53. The van der Waals surface area contributed by atoms with Crippen molar-refractivity contribution in [2.75, 3.05) is 20.3 Å². The van der Waals surface area contributed by atoms with E-state index in [4.69, 9.17) is 9.47 Å². The van der Waals surface area contributed by atoms with Crippen molar-refractivity contribution in [2.45, 2.75) is 12.8 Å². The molecule has 1 heterocycles. The standard InChI is InChI=1S/C11H14O2/c1-8-5-9(10-6-13-7-10)3-4-11(8)12-2/h3-5,10H,6-7H2,1-2H3. The van der Waals surface area contributed by atoms with Crippen molar-refractivity contribution in [3.05, 3.63) is 29.3 Å². The smallest absolute Gasteiger partial charge is 0.121 e. The topological polar surface area (TPSA) is 18.5 Å². The molecule has 0 N–H and O–H groups in total. The SMILES string of the molecule is COc1ccc(C2COC2)cc1C. The lowest BCUT2D eigenvalue weighted by atomic mass is 9.96. The summed E-state index contributed by atoms with van der Waals surface area (Å²) in [5, 5.41) is 0. The predicted octanol–water partition coefficient (Wildman–Crippen LogP) is 2.12. The molecule has 2 heteroatoms. The number of hydrogen-bond acceptors (Lipinski definition) is 2. The Balaban J connectivity index is 2.24. The lowest BCUT2D eigenvalue weighted by Crippen LogP contribution is -2.25. The fourth-order valence-electron chi connectivity index (χ4n) is 1.58. The van der Waals surface area contributed by atoms with Gasteiger partial charge in [0.15, 0.2) is 0 Å². The zero-order valence-corrected chi connectivity index (χ0v) is 8.04. The van der Waals surface area contributed by atoms with Crippen LogP contribution in [0.3, 0.4) is 0 Å². The largest absolute Gasteiger partial charge is 0.496 e. The van der Waals surface area contributed by atoms with Gasteiger partial charge < -0.3 is 9.47 Å². The summed E-state index contributed by atoms with van der Waals surface area (Å²) in [4.78, 5) is 0. The van der Waals surface area contributed by atoms with Gasteiger partial charge in [-0.1, -0.05) is 12.1 Å². The molecule has 0 radical (unpaired) electrons. The van der Waals surface area contributed by atoms with E-state index in [1.54, 1.807) is 7.11 Å². The number of ether oxygens (including phenoxy) is 2.